The normalized spacial score (nSPS) is 32.6. The highest BCUT2D eigenvalue weighted by atomic mass is 16.5. The van der Waals surface area contributed by atoms with E-state index in [4.69, 9.17) is 10.5 Å². The lowest BCUT2D eigenvalue weighted by Gasteiger charge is -2.24. The molecule has 2 rings (SSSR count). The molecule has 0 aromatic heterocycles. The SMILES string of the molecule is NC1CCC(C(=O)OCC2CC2)CC1. The summed E-state index contributed by atoms with van der Waals surface area (Å²) in [6, 6.07) is 0.308. The minimum Gasteiger partial charge on any atom is -0.465 e. The Morgan fingerprint density at radius 3 is 2.36 bits per heavy atom. The highest BCUT2D eigenvalue weighted by Crippen LogP contribution is 2.30. The molecule has 2 fully saturated rings. The molecule has 0 aromatic rings. The van der Waals surface area contributed by atoms with Crippen LogP contribution in [0.15, 0.2) is 0 Å². The molecule has 3 nitrogen and oxygen atoms in total. The van der Waals surface area contributed by atoms with Crippen LogP contribution in [0, 0.1) is 11.8 Å². The Balaban J connectivity index is 1.68. The van der Waals surface area contributed by atoms with E-state index in [9.17, 15) is 4.79 Å². The summed E-state index contributed by atoms with van der Waals surface area (Å²) >= 11 is 0. The summed E-state index contributed by atoms with van der Waals surface area (Å²) in [6.07, 6.45) is 6.27. The maximum absolute atomic E-state index is 11.6. The first-order chi connectivity index (χ1) is 6.75. The molecule has 0 heterocycles. The lowest BCUT2D eigenvalue weighted by Crippen LogP contribution is -2.30. The molecule has 2 aliphatic carbocycles. The molecule has 2 saturated carbocycles. The summed E-state index contributed by atoms with van der Waals surface area (Å²) in [4.78, 5) is 11.6. The van der Waals surface area contributed by atoms with Crippen molar-refractivity contribution in [2.75, 3.05) is 6.61 Å². The molecule has 14 heavy (non-hydrogen) atoms. The van der Waals surface area contributed by atoms with Crippen LogP contribution in [0.4, 0.5) is 0 Å². The van der Waals surface area contributed by atoms with Crippen LogP contribution in [0.1, 0.15) is 38.5 Å². The van der Waals surface area contributed by atoms with E-state index >= 15 is 0 Å². The second-order valence-electron chi connectivity index (χ2n) is 4.69. The van der Waals surface area contributed by atoms with E-state index in [1.807, 2.05) is 0 Å². The number of nitrogens with two attached hydrogens (primary N) is 1. The van der Waals surface area contributed by atoms with Gasteiger partial charge in [0.15, 0.2) is 0 Å². The molecule has 0 amide bonds. The average Bonchev–Trinajstić information content (AvgIpc) is 2.99. The van der Waals surface area contributed by atoms with Gasteiger partial charge in [0, 0.05) is 6.04 Å². The second-order valence-corrected chi connectivity index (χ2v) is 4.69. The zero-order valence-electron chi connectivity index (χ0n) is 8.58. The van der Waals surface area contributed by atoms with E-state index in [1.54, 1.807) is 0 Å². The molecule has 0 saturated heterocycles. The van der Waals surface area contributed by atoms with Gasteiger partial charge >= 0.3 is 5.97 Å². The number of esters is 1. The monoisotopic (exact) mass is 197 g/mol. The van der Waals surface area contributed by atoms with Crippen LogP contribution in [0.2, 0.25) is 0 Å². The minimum absolute atomic E-state index is 0.0174. The molecule has 80 valence electrons. The third kappa shape index (κ3) is 2.71. The second kappa shape index (κ2) is 4.30. The van der Waals surface area contributed by atoms with E-state index in [-0.39, 0.29) is 11.9 Å². The number of rotatable bonds is 3. The maximum Gasteiger partial charge on any atom is 0.308 e. The highest BCUT2D eigenvalue weighted by molar-refractivity contribution is 5.72. The average molecular weight is 197 g/mol. The predicted molar refractivity (Wildman–Crippen MR) is 53.6 cm³/mol. The van der Waals surface area contributed by atoms with E-state index in [2.05, 4.69) is 0 Å². The molecule has 0 bridgehead atoms. The molecule has 0 atom stereocenters. The van der Waals surface area contributed by atoms with Crippen molar-refractivity contribution < 1.29 is 9.53 Å². The van der Waals surface area contributed by atoms with Crippen molar-refractivity contribution in [3.05, 3.63) is 0 Å². The van der Waals surface area contributed by atoms with Crippen LogP contribution in [0.3, 0.4) is 0 Å². The summed E-state index contributed by atoms with van der Waals surface area (Å²) in [5.41, 5.74) is 5.78. The Morgan fingerprint density at radius 1 is 1.14 bits per heavy atom. The van der Waals surface area contributed by atoms with Gasteiger partial charge in [-0.3, -0.25) is 4.79 Å². The smallest absolute Gasteiger partial charge is 0.308 e. The van der Waals surface area contributed by atoms with Gasteiger partial charge in [0.05, 0.1) is 12.5 Å². The van der Waals surface area contributed by atoms with Crippen LogP contribution in [0.25, 0.3) is 0 Å². The number of carbonyl (C=O) groups is 1. The van der Waals surface area contributed by atoms with E-state index in [0.717, 1.165) is 25.7 Å². The van der Waals surface area contributed by atoms with Crippen molar-refractivity contribution >= 4 is 5.97 Å². The van der Waals surface area contributed by atoms with Crippen molar-refractivity contribution in [2.45, 2.75) is 44.6 Å². The number of hydrogen-bond donors (Lipinski definition) is 1. The van der Waals surface area contributed by atoms with Crippen LogP contribution in [0.5, 0.6) is 0 Å². The molecule has 3 heteroatoms. The quantitative estimate of drug-likeness (QED) is 0.697. The molecule has 2 aliphatic rings. The number of carbonyl (C=O) groups excluding carboxylic acids is 1. The zero-order chi connectivity index (χ0) is 9.97. The zero-order valence-corrected chi connectivity index (χ0v) is 8.58. The summed E-state index contributed by atoms with van der Waals surface area (Å²) in [5.74, 6) is 0.821. The Bertz CT molecular complexity index is 205. The fourth-order valence-electron chi connectivity index (χ4n) is 1.96. The van der Waals surface area contributed by atoms with Crippen LogP contribution in [-0.4, -0.2) is 18.6 Å². The summed E-state index contributed by atoms with van der Waals surface area (Å²) in [7, 11) is 0. The summed E-state index contributed by atoms with van der Waals surface area (Å²) < 4.78 is 5.26. The molecule has 0 spiro atoms. The van der Waals surface area contributed by atoms with Gasteiger partial charge in [0.2, 0.25) is 0 Å². The first-order valence-electron chi connectivity index (χ1n) is 5.68. The predicted octanol–water partition coefficient (Wildman–Crippen LogP) is 1.46. The fraction of sp³-hybridized carbons (Fsp3) is 0.909. The van der Waals surface area contributed by atoms with Gasteiger partial charge < -0.3 is 10.5 Å². The number of ether oxygens (including phenoxy) is 1. The minimum atomic E-state index is 0.0174. The topological polar surface area (TPSA) is 52.3 Å². The molecular weight excluding hydrogens is 178 g/mol. The van der Waals surface area contributed by atoms with Gasteiger partial charge in [-0.15, -0.1) is 0 Å². The van der Waals surface area contributed by atoms with Crippen molar-refractivity contribution in [3.8, 4) is 0 Å². The maximum atomic E-state index is 11.6. The van der Waals surface area contributed by atoms with Gasteiger partial charge in [0.1, 0.15) is 0 Å². The number of hydrogen-bond acceptors (Lipinski definition) is 3. The Labute approximate surface area is 85.0 Å². The molecule has 0 radical (unpaired) electrons. The van der Waals surface area contributed by atoms with Gasteiger partial charge in [-0.25, -0.2) is 0 Å². The molecule has 0 unspecified atom stereocenters. The van der Waals surface area contributed by atoms with Crippen LogP contribution in [-0.2, 0) is 9.53 Å². The standard InChI is InChI=1S/C11H19NO2/c12-10-5-3-9(4-6-10)11(13)14-7-8-1-2-8/h8-10H,1-7,12H2. The van der Waals surface area contributed by atoms with E-state index < -0.39 is 0 Å². The van der Waals surface area contributed by atoms with Crippen LogP contribution >= 0.6 is 0 Å². The molecule has 0 aliphatic heterocycles. The van der Waals surface area contributed by atoms with E-state index in [0.29, 0.717) is 18.6 Å². The van der Waals surface area contributed by atoms with Gasteiger partial charge in [-0.05, 0) is 44.4 Å². The van der Waals surface area contributed by atoms with Crippen LogP contribution < -0.4 is 5.73 Å². The van der Waals surface area contributed by atoms with Gasteiger partial charge in [-0.2, -0.15) is 0 Å². The first kappa shape index (κ1) is 9.97. The third-order valence-corrected chi connectivity index (χ3v) is 3.26. The third-order valence-electron chi connectivity index (χ3n) is 3.26. The van der Waals surface area contributed by atoms with Crippen molar-refractivity contribution in [1.82, 2.24) is 0 Å². The van der Waals surface area contributed by atoms with Crippen molar-refractivity contribution in [1.29, 1.82) is 0 Å². The lowest BCUT2D eigenvalue weighted by atomic mass is 9.86. The fourth-order valence-corrected chi connectivity index (χ4v) is 1.96. The Kier molecular flexibility index (Phi) is 3.06. The van der Waals surface area contributed by atoms with E-state index in [1.165, 1.54) is 12.8 Å². The largest absolute Gasteiger partial charge is 0.465 e. The molecular formula is C11H19NO2. The summed E-state index contributed by atoms with van der Waals surface area (Å²) in [5, 5.41) is 0. The molecule has 0 aromatic carbocycles. The Morgan fingerprint density at radius 2 is 1.79 bits per heavy atom. The Hall–Kier alpha value is -0.570. The molecule has 2 N–H and O–H groups in total. The van der Waals surface area contributed by atoms with Gasteiger partial charge in [-0.1, -0.05) is 0 Å². The summed E-state index contributed by atoms with van der Waals surface area (Å²) in [6.45, 7) is 0.654. The first-order valence-corrected chi connectivity index (χ1v) is 5.68. The highest BCUT2D eigenvalue weighted by Gasteiger charge is 2.28. The lowest BCUT2D eigenvalue weighted by molar-refractivity contribution is -0.150. The van der Waals surface area contributed by atoms with Gasteiger partial charge in [0.25, 0.3) is 0 Å². The van der Waals surface area contributed by atoms with Crippen molar-refractivity contribution in [2.24, 2.45) is 17.6 Å². The van der Waals surface area contributed by atoms with Crippen molar-refractivity contribution in [3.63, 3.8) is 0 Å².